The number of carboxylic acids is 1. The van der Waals surface area contributed by atoms with Crippen molar-refractivity contribution in [1.29, 1.82) is 0 Å². The van der Waals surface area contributed by atoms with E-state index in [1.165, 1.54) is 0 Å². The highest BCUT2D eigenvalue weighted by molar-refractivity contribution is 5.79. The van der Waals surface area contributed by atoms with E-state index in [0.29, 0.717) is 26.1 Å². The average molecular weight is 269 g/mol. The van der Waals surface area contributed by atoms with Gasteiger partial charge in [0.15, 0.2) is 0 Å². The predicted molar refractivity (Wildman–Crippen MR) is 70.6 cm³/mol. The fourth-order valence-corrected chi connectivity index (χ4v) is 2.81. The van der Waals surface area contributed by atoms with Gasteiger partial charge >= 0.3 is 5.97 Å². The summed E-state index contributed by atoms with van der Waals surface area (Å²) in [6.45, 7) is 3.18. The second kappa shape index (κ2) is 6.34. The van der Waals surface area contributed by atoms with Crippen LogP contribution in [0.3, 0.4) is 0 Å². The van der Waals surface area contributed by atoms with Crippen LogP contribution in [-0.4, -0.2) is 65.5 Å². The van der Waals surface area contributed by atoms with E-state index in [-0.39, 0.29) is 11.9 Å². The fourth-order valence-electron chi connectivity index (χ4n) is 2.81. The first kappa shape index (κ1) is 14.3. The van der Waals surface area contributed by atoms with Crippen LogP contribution in [0, 0.1) is 5.92 Å². The van der Waals surface area contributed by atoms with Crippen LogP contribution in [0.25, 0.3) is 0 Å². The summed E-state index contributed by atoms with van der Waals surface area (Å²) in [7, 11) is 0. The van der Waals surface area contributed by atoms with Crippen molar-refractivity contribution < 1.29 is 14.7 Å². The molecule has 0 bridgehead atoms. The number of amides is 1. The number of likely N-dealkylation sites (tertiary alicyclic amines) is 2. The smallest absolute Gasteiger partial charge is 0.308 e. The van der Waals surface area contributed by atoms with Crippen LogP contribution in [0.4, 0.5) is 0 Å². The molecular formula is C13H23N3O3. The van der Waals surface area contributed by atoms with Gasteiger partial charge in [0.25, 0.3) is 0 Å². The summed E-state index contributed by atoms with van der Waals surface area (Å²) >= 11 is 0. The second-order valence-corrected chi connectivity index (χ2v) is 5.63. The summed E-state index contributed by atoms with van der Waals surface area (Å²) in [5.41, 5.74) is 5.83. The molecule has 2 rings (SSSR count). The summed E-state index contributed by atoms with van der Waals surface area (Å²) in [5, 5.41) is 9.03. The highest BCUT2D eigenvalue weighted by atomic mass is 16.4. The fraction of sp³-hybridized carbons (Fsp3) is 0.846. The minimum Gasteiger partial charge on any atom is -0.481 e. The number of carbonyl (C=O) groups excluding carboxylic acids is 1. The molecule has 2 fully saturated rings. The topological polar surface area (TPSA) is 86.9 Å². The molecule has 0 aromatic carbocycles. The molecule has 0 aliphatic carbocycles. The van der Waals surface area contributed by atoms with Gasteiger partial charge < -0.3 is 15.7 Å². The standard InChI is InChI=1S/C13H23N3O3/c14-11-3-6-15(7-4-11)9-12(17)16-5-1-2-10(8-16)13(18)19/h10-11H,1-9,14H2,(H,18,19). The van der Waals surface area contributed by atoms with Gasteiger partial charge in [0, 0.05) is 32.2 Å². The highest BCUT2D eigenvalue weighted by Crippen LogP contribution is 2.17. The second-order valence-electron chi connectivity index (χ2n) is 5.63. The Bertz CT molecular complexity index is 340. The maximum Gasteiger partial charge on any atom is 0.308 e. The zero-order valence-electron chi connectivity index (χ0n) is 11.3. The lowest BCUT2D eigenvalue weighted by Crippen LogP contribution is -2.49. The minimum absolute atomic E-state index is 0.0569. The third kappa shape index (κ3) is 3.91. The molecule has 0 aromatic rings. The monoisotopic (exact) mass is 269 g/mol. The lowest BCUT2D eigenvalue weighted by atomic mass is 9.98. The SMILES string of the molecule is NC1CCN(CC(=O)N2CCCC(C(=O)O)C2)CC1. The first-order valence-corrected chi connectivity index (χ1v) is 7.05. The predicted octanol–water partition coefficient (Wildman–Crippen LogP) is -0.267. The molecule has 0 saturated carbocycles. The molecule has 108 valence electrons. The van der Waals surface area contributed by atoms with Crippen molar-refractivity contribution >= 4 is 11.9 Å². The van der Waals surface area contributed by atoms with Crippen LogP contribution in [-0.2, 0) is 9.59 Å². The maximum absolute atomic E-state index is 12.2. The lowest BCUT2D eigenvalue weighted by molar-refractivity contribution is -0.146. The number of piperidine rings is 2. The van der Waals surface area contributed by atoms with Gasteiger partial charge in [-0.1, -0.05) is 0 Å². The Hall–Kier alpha value is -1.14. The number of rotatable bonds is 3. The van der Waals surface area contributed by atoms with Crippen LogP contribution in [0.5, 0.6) is 0 Å². The number of aliphatic carboxylic acids is 1. The number of carboxylic acid groups (broad SMARTS) is 1. The van der Waals surface area contributed by atoms with Crippen LogP contribution >= 0.6 is 0 Å². The maximum atomic E-state index is 12.2. The van der Waals surface area contributed by atoms with Crippen molar-refractivity contribution in [2.45, 2.75) is 31.7 Å². The molecular weight excluding hydrogens is 246 g/mol. The van der Waals surface area contributed by atoms with E-state index in [4.69, 9.17) is 10.8 Å². The van der Waals surface area contributed by atoms with E-state index in [1.54, 1.807) is 4.90 Å². The third-order valence-electron chi connectivity index (χ3n) is 4.11. The molecule has 0 radical (unpaired) electrons. The number of hydrogen-bond donors (Lipinski definition) is 2. The van der Waals surface area contributed by atoms with Crippen molar-refractivity contribution in [2.24, 2.45) is 11.7 Å². The molecule has 1 atom stereocenters. The van der Waals surface area contributed by atoms with E-state index in [2.05, 4.69) is 4.90 Å². The highest BCUT2D eigenvalue weighted by Gasteiger charge is 2.29. The summed E-state index contributed by atoms with van der Waals surface area (Å²) < 4.78 is 0. The number of nitrogens with zero attached hydrogens (tertiary/aromatic N) is 2. The van der Waals surface area contributed by atoms with E-state index in [1.807, 2.05) is 0 Å². The molecule has 2 aliphatic rings. The third-order valence-corrected chi connectivity index (χ3v) is 4.11. The zero-order valence-corrected chi connectivity index (χ0v) is 11.3. The van der Waals surface area contributed by atoms with Crippen LogP contribution < -0.4 is 5.73 Å². The van der Waals surface area contributed by atoms with Crippen molar-refractivity contribution in [3.05, 3.63) is 0 Å². The molecule has 6 nitrogen and oxygen atoms in total. The Morgan fingerprint density at radius 1 is 1.16 bits per heavy atom. The molecule has 6 heteroatoms. The van der Waals surface area contributed by atoms with Gasteiger partial charge in [0.2, 0.25) is 5.91 Å². The normalized spacial score (nSPS) is 26.4. The Labute approximate surface area is 113 Å². The van der Waals surface area contributed by atoms with Crippen molar-refractivity contribution in [2.75, 3.05) is 32.7 Å². The summed E-state index contributed by atoms with van der Waals surface area (Å²) in [6, 6.07) is 0.262. The van der Waals surface area contributed by atoms with E-state index in [0.717, 1.165) is 32.4 Å². The van der Waals surface area contributed by atoms with Gasteiger partial charge in [-0.05, 0) is 25.7 Å². The molecule has 2 heterocycles. The molecule has 1 unspecified atom stereocenters. The summed E-state index contributed by atoms with van der Waals surface area (Å²) in [5.74, 6) is -1.13. The molecule has 3 N–H and O–H groups in total. The van der Waals surface area contributed by atoms with Crippen molar-refractivity contribution in [1.82, 2.24) is 9.80 Å². The Balaban J connectivity index is 1.80. The van der Waals surface area contributed by atoms with Gasteiger partial charge in [0.05, 0.1) is 12.5 Å². The van der Waals surface area contributed by atoms with Gasteiger partial charge in [-0.25, -0.2) is 0 Å². The zero-order chi connectivity index (χ0) is 13.8. The number of nitrogens with two attached hydrogens (primary N) is 1. The summed E-state index contributed by atoms with van der Waals surface area (Å²) in [6.07, 6.45) is 3.33. The first-order valence-electron chi connectivity index (χ1n) is 7.05. The van der Waals surface area contributed by atoms with Crippen molar-refractivity contribution in [3.63, 3.8) is 0 Å². The first-order chi connectivity index (χ1) is 9.06. The van der Waals surface area contributed by atoms with E-state index >= 15 is 0 Å². The number of carbonyl (C=O) groups is 2. The largest absolute Gasteiger partial charge is 0.481 e. The van der Waals surface area contributed by atoms with Crippen LogP contribution in [0.2, 0.25) is 0 Å². The van der Waals surface area contributed by atoms with Gasteiger partial charge in [-0.15, -0.1) is 0 Å². The quantitative estimate of drug-likeness (QED) is 0.736. The number of hydrogen-bond acceptors (Lipinski definition) is 4. The van der Waals surface area contributed by atoms with E-state index < -0.39 is 11.9 Å². The summed E-state index contributed by atoms with van der Waals surface area (Å²) in [4.78, 5) is 27.0. The Morgan fingerprint density at radius 3 is 2.47 bits per heavy atom. The Morgan fingerprint density at radius 2 is 1.84 bits per heavy atom. The van der Waals surface area contributed by atoms with Crippen LogP contribution in [0.15, 0.2) is 0 Å². The molecule has 2 saturated heterocycles. The average Bonchev–Trinajstić information content (AvgIpc) is 2.41. The van der Waals surface area contributed by atoms with Gasteiger partial charge in [-0.3, -0.25) is 14.5 Å². The molecule has 0 aromatic heterocycles. The molecule has 1 amide bonds. The molecule has 2 aliphatic heterocycles. The van der Waals surface area contributed by atoms with Crippen molar-refractivity contribution in [3.8, 4) is 0 Å². The van der Waals surface area contributed by atoms with Gasteiger partial charge in [-0.2, -0.15) is 0 Å². The minimum atomic E-state index is -0.790. The molecule has 0 spiro atoms. The van der Waals surface area contributed by atoms with Crippen LogP contribution in [0.1, 0.15) is 25.7 Å². The van der Waals surface area contributed by atoms with E-state index in [9.17, 15) is 9.59 Å². The Kier molecular flexibility index (Phi) is 4.76. The van der Waals surface area contributed by atoms with Gasteiger partial charge in [0.1, 0.15) is 0 Å². The lowest BCUT2D eigenvalue weighted by Gasteiger charge is -2.34. The molecule has 19 heavy (non-hydrogen) atoms.